The molecule has 0 aliphatic carbocycles. The normalized spacial score (nSPS) is 11.4. The Morgan fingerprint density at radius 3 is 1.28 bits per heavy atom. The molecular formula is C50H33N3. The summed E-state index contributed by atoms with van der Waals surface area (Å²) in [5.41, 5.74) is 12.4. The van der Waals surface area contributed by atoms with Crippen LogP contribution in [-0.4, -0.2) is 9.97 Å². The predicted octanol–water partition coefficient (Wildman–Crippen LogP) is 13.6. The van der Waals surface area contributed by atoms with Crippen molar-refractivity contribution in [3.05, 3.63) is 200 Å². The monoisotopic (exact) mass is 675 g/mol. The van der Waals surface area contributed by atoms with E-state index < -0.39 is 0 Å². The Hall–Kier alpha value is -7.10. The Balaban J connectivity index is 1.05. The lowest BCUT2D eigenvalue weighted by Crippen LogP contribution is -2.09. The van der Waals surface area contributed by atoms with E-state index in [1.807, 2.05) is 24.5 Å². The van der Waals surface area contributed by atoms with Gasteiger partial charge < -0.3 is 4.90 Å². The number of hydrogen-bond acceptors (Lipinski definition) is 3. The van der Waals surface area contributed by atoms with Gasteiger partial charge in [-0.1, -0.05) is 109 Å². The van der Waals surface area contributed by atoms with Crippen molar-refractivity contribution >= 4 is 60.4 Å². The van der Waals surface area contributed by atoms with E-state index in [9.17, 15) is 0 Å². The topological polar surface area (TPSA) is 29.0 Å². The number of nitrogens with zero attached hydrogens (tertiary/aromatic N) is 3. The summed E-state index contributed by atoms with van der Waals surface area (Å²) < 4.78 is 0. The molecule has 8 aromatic carbocycles. The van der Waals surface area contributed by atoms with Crippen molar-refractivity contribution in [2.75, 3.05) is 4.90 Å². The molecule has 248 valence electrons. The van der Waals surface area contributed by atoms with Crippen molar-refractivity contribution in [1.82, 2.24) is 9.97 Å². The number of rotatable bonds is 6. The van der Waals surface area contributed by atoms with Crippen LogP contribution in [0.1, 0.15) is 0 Å². The van der Waals surface area contributed by atoms with E-state index in [0.29, 0.717) is 0 Å². The largest absolute Gasteiger partial charge is 0.310 e. The third-order valence-electron chi connectivity index (χ3n) is 10.3. The quantitative estimate of drug-likeness (QED) is 0.164. The van der Waals surface area contributed by atoms with E-state index in [1.165, 1.54) is 54.9 Å². The van der Waals surface area contributed by atoms with Gasteiger partial charge >= 0.3 is 0 Å². The van der Waals surface area contributed by atoms with Crippen LogP contribution < -0.4 is 4.90 Å². The first-order valence-corrected chi connectivity index (χ1v) is 18.0. The molecule has 3 heteroatoms. The molecule has 0 aliphatic heterocycles. The van der Waals surface area contributed by atoms with Gasteiger partial charge in [0, 0.05) is 40.2 Å². The molecular weight excluding hydrogens is 643 g/mol. The Bertz CT molecular complexity index is 2810. The number of aromatic nitrogens is 2. The molecule has 0 amide bonds. The van der Waals surface area contributed by atoms with E-state index >= 15 is 0 Å². The maximum atomic E-state index is 4.50. The minimum Gasteiger partial charge on any atom is -0.310 e. The summed E-state index contributed by atoms with van der Waals surface area (Å²) in [5, 5.41) is 7.22. The van der Waals surface area contributed by atoms with Gasteiger partial charge in [0.15, 0.2) is 0 Å². The maximum Gasteiger partial charge on any atom is 0.0702 e. The van der Waals surface area contributed by atoms with E-state index in [2.05, 4.69) is 191 Å². The fourth-order valence-electron chi connectivity index (χ4n) is 7.57. The van der Waals surface area contributed by atoms with Gasteiger partial charge in [-0.3, -0.25) is 9.97 Å². The van der Waals surface area contributed by atoms with Crippen LogP contribution in [-0.2, 0) is 0 Å². The first-order valence-electron chi connectivity index (χ1n) is 18.0. The van der Waals surface area contributed by atoms with E-state index in [1.54, 1.807) is 0 Å². The van der Waals surface area contributed by atoms with Gasteiger partial charge in [-0.2, -0.15) is 0 Å². The van der Waals surface area contributed by atoms with Gasteiger partial charge in [-0.25, -0.2) is 0 Å². The van der Waals surface area contributed by atoms with E-state index in [4.69, 9.17) is 0 Å². The second-order valence-electron chi connectivity index (χ2n) is 13.5. The number of anilines is 3. The third kappa shape index (κ3) is 5.75. The Kier molecular flexibility index (Phi) is 7.47. The second-order valence-corrected chi connectivity index (χ2v) is 13.5. The lowest BCUT2D eigenvalue weighted by atomic mass is 9.97. The minimum absolute atomic E-state index is 1.00. The minimum atomic E-state index is 1.00. The zero-order valence-corrected chi connectivity index (χ0v) is 28.9. The van der Waals surface area contributed by atoms with Crippen LogP contribution >= 0.6 is 0 Å². The second kappa shape index (κ2) is 12.9. The molecule has 0 aliphatic rings. The highest BCUT2D eigenvalue weighted by atomic mass is 15.1. The molecule has 0 saturated heterocycles. The lowest BCUT2D eigenvalue weighted by molar-refractivity contribution is 1.29. The summed E-state index contributed by atoms with van der Waals surface area (Å²) in [6, 6.07) is 67.6. The molecule has 0 bridgehead atoms. The predicted molar refractivity (Wildman–Crippen MR) is 223 cm³/mol. The fraction of sp³-hybridized carbons (Fsp3) is 0. The maximum absolute atomic E-state index is 4.50. The van der Waals surface area contributed by atoms with Crippen molar-refractivity contribution in [1.29, 1.82) is 0 Å². The number of pyridine rings is 2. The zero-order chi connectivity index (χ0) is 35.1. The highest BCUT2D eigenvalue weighted by Gasteiger charge is 2.15. The van der Waals surface area contributed by atoms with Gasteiger partial charge in [-0.15, -0.1) is 0 Å². The Morgan fingerprint density at radius 1 is 0.283 bits per heavy atom. The molecule has 0 atom stereocenters. The first kappa shape index (κ1) is 30.7. The molecule has 0 spiro atoms. The molecule has 2 aromatic heterocycles. The first-order chi connectivity index (χ1) is 26.2. The Morgan fingerprint density at radius 2 is 0.717 bits per heavy atom. The summed E-state index contributed by atoms with van der Waals surface area (Å²) in [4.78, 5) is 11.4. The van der Waals surface area contributed by atoms with Crippen molar-refractivity contribution in [2.24, 2.45) is 0 Å². The summed E-state index contributed by atoms with van der Waals surface area (Å²) in [5.74, 6) is 0. The van der Waals surface area contributed by atoms with Crippen LogP contribution in [0.3, 0.4) is 0 Å². The standard InChI is InChI=1S/C50H33N3/c1-2-6-34(7-3-1)37-16-24-47-40(30-37)10-11-41-33-46(23-25-48(41)47)53(44-19-12-35(13-20-44)38-17-26-49-42(31-38)8-4-28-51-49)45-21-14-36(15-22-45)39-18-27-50-43(32-39)9-5-29-52-50/h1-33H. The molecule has 0 fully saturated rings. The molecule has 0 radical (unpaired) electrons. The summed E-state index contributed by atoms with van der Waals surface area (Å²) >= 11 is 0. The average molecular weight is 676 g/mol. The van der Waals surface area contributed by atoms with E-state index in [0.717, 1.165) is 38.9 Å². The summed E-state index contributed by atoms with van der Waals surface area (Å²) in [6.45, 7) is 0. The van der Waals surface area contributed by atoms with Crippen LogP contribution in [0.15, 0.2) is 200 Å². The number of fused-ring (bicyclic) bond motifs is 5. The van der Waals surface area contributed by atoms with Gasteiger partial charge in [0.1, 0.15) is 0 Å². The molecule has 10 aromatic rings. The zero-order valence-electron chi connectivity index (χ0n) is 28.9. The SMILES string of the molecule is c1ccc(-c2ccc3c(ccc4cc(N(c5ccc(-c6ccc7ncccc7c6)cc5)c5ccc(-c6ccc7ncccc7c6)cc5)ccc43)c2)cc1. The average Bonchev–Trinajstić information content (AvgIpc) is 3.24. The number of benzene rings is 8. The number of hydrogen-bond donors (Lipinski definition) is 0. The smallest absolute Gasteiger partial charge is 0.0702 e. The summed E-state index contributed by atoms with van der Waals surface area (Å²) in [6.07, 6.45) is 3.68. The van der Waals surface area contributed by atoms with Crippen molar-refractivity contribution in [2.45, 2.75) is 0 Å². The fourth-order valence-corrected chi connectivity index (χ4v) is 7.57. The van der Waals surface area contributed by atoms with Crippen LogP contribution in [0.2, 0.25) is 0 Å². The molecule has 3 nitrogen and oxygen atoms in total. The van der Waals surface area contributed by atoms with Crippen molar-refractivity contribution in [3.8, 4) is 33.4 Å². The van der Waals surface area contributed by atoms with Crippen LogP contribution in [0.4, 0.5) is 17.1 Å². The molecule has 2 heterocycles. The summed E-state index contributed by atoms with van der Waals surface area (Å²) in [7, 11) is 0. The molecule has 0 saturated carbocycles. The van der Waals surface area contributed by atoms with Gasteiger partial charge in [0.25, 0.3) is 0 Å². The molecule has 10 rings (SSSR count). The molecule has 0 N–H and O–H groups in total. The highest BCUT2D eigenvalue weighted by molar-refractivity contribution is 6.09. The lowest BCUT2D eigenvalue weighted by Gasteiger charge is -2.26. The third-order valence-corrected chi connectivity index (χ3v) is 10.3. The molecule has 0 unspecified atom stereocenters. The van der Waals surface area contributed by atoms with Gasteiger partial charge in [0.2, 0.25) is 0 Å². The van der Waals surface area contributed by atoms with Crippen molar-refractivity contribution < 1.29 is 0 Å². The van der Waals surface area contributed by atoms with Gasteiger partial charge in [-0.05, 0) is 134 Å². The van der Waals surface area contributed by atoms with Crippen molar-refractivity contribution in [3.63, 3.8) is 0 Å². The van der Waals surface area contributed by atoms with Crippen LogP contribution in [0.25, 0.3) is 76.7 Å². The van der Waals surface area contributed by atoms with Gasteiger partial charge in [0.05, 0.1) is 11.0 Å². The van der Waals surface area contributed by atoms with Crippen LogP contribution in [0, 0.1) is 0 Å². The van der Waals surface area contributed by atoms with E-state index in [-0.39, 0.29) is 0 Å². The Labute approximate surface area is 308 Å². The molecule has 53 heavy (non-hydrogen) atoms. The highest BCUT2D eigenvalue weighted by Crippen LogP contribution is 2.40. The van der Waals surface area contributed by atoms with Crippen LogP contribution in [0.5, 0.6) is 0 Å².